The highest BCUT2D eigenvalue weighted by Crippen LogP contribution is 2.32. The number of nitrogens with two attached hydrogens (primary N) is 1. The van der Waals surface area contributed by atoms with Gasteiger partial charge in [-0.2, -0.15) is 5.26 Å². The van der Waals surface area contributed by atoms with Crippen molar-refractivity contribution in [3.8, 4) is 28.5 Å². The van der Waals surface area contributed by atoms with E-state index in [1.807, 2.05) is 54.6 Å². The number of hydrogen-bond acceptors (Lipinski definition) is 3. The van der Waals surface area contributed by atoms with Crippen LogP contribution in [0.2, 0.25) is 0 Å². The molecule has 0 aliphatic carbocycles. The van der Waals surface area contributed by atoms with E-state index < -0.39 is 0 Å². The summed E-state index contributed by atoms with van der Waals surface area (Å²) < 4.78 is 1.98. The number of anilines is 1. The van der Waals surface area contributed by atoms with Gasteiger partial charge in [-0.1, -0.05) is 56.1 Å². The summed E-state index contributed by atoms with van der Waals surface area (Å²) in [5, 5.41) is 9.43. The fourth-order valence-electron chi connectivity index (χ4n) is 2.31. The van der Waals surface area contributed by atoms with Crippen molar-refractivity contribution in [2.45, 2.75) is 0 Å². The molecular weight excluding hydrogens is 418 g/mol. The van der Waals surface area contributed by atoms with Crippen molar-refractivity contribution in [3.05, 3.63) is 69.1 Å². The van der Waals surface area contributed by atoms with Gasteiger partial charge in [0.05, 0.1) is 5.69 Å². The van der Waals surface area contributed by atoms with E-state index in [1.165, 1.54) is 0 Å². The molecule has 3 rings (SSSR count). The van der Waals surface area contributed by atoms with Crippen LogP contribution in [0.4, 0.5) is 5.82 Å². The van der Waals surface area contributed by atoms with Crippen LogP contribution in [0.25, 0.3) is 22.4 Å². The molecule has 5 heteroatoms. The van der Waals surface area contributed by atoms with Gasteiger partial charge in [0.25, 0.3) is 0 Å². The van der Waals surface area contributed by atoms with Crippen LogP contribution in [-0.2, 0) is 0 Å². The molecule has 0 fully saturated rings. The van der Waals surface area contributed by atoms with Crippen molar-refractivity contribution in [2.75, 3.05) is 5.73 Å². The van der Waals surface area contributed by atoms with Gasteiger partial charge in [-0.15, -0.1) is 0 Å². The second-order valence-corrected chi connectivity index (χ2v) is 6.77. The smallest absolute Gasteiger partial charge is 0.142 e. The van der Waals surface area contributed by atoms with Crippen molar-refractivity contribution in [1.29, 1.82) is 5.26 Å². The number of nitrogens with zero attached hydrogens (tertiary/aromatic N) is 2. The van der Waals surface area contributed by atoms with Crippen molar-refractivity contribution in [2.24, 2.45) is 0 Å². The van der Waals surface area contributed by atoms with Crippen LogP contribution in [0.5, 0.6) is 0 Å². The Kier molecular flexibility index (Phi) is 4.46. The molecule has 0 aliphatic rings. The number of benzene rings is 2. The first kappa shape index (κ1) is 15.7. The summed E-state index contributed by atoms with van der Waals surface area (Å²) in [6, 6.07) is 19.7. The third kappa shape index (κ3) is 3.29. The molecule has 0 saturated carbocycles. The highest BCUT2D eigenvalue weighted by atomic mass is 79.9. The number of pyridine rings is 1. The largest absolute Gasteiger partial charge is 0.383 e. The lowest BCUT2D eigenvalue weighted by atomic mass is 9.98. The van der Waals surface area contributed by atoms with Crippen molar-refractivity contribution < 1.29 is 0 Å². The first-order valence-electron chi connectivity index (χ1n) is 6.81. The Bertz CT molecular complexity index is 895. The zero-order valence-corrected chi connectivity index (χ0v) is 15.1. The number of aromatic nitrogens is 1. The van der Waals surface area contributed by atoms with Crippen molar-refractivity contribution in [3.63, 3.8) is 0 Å². The number of nitrogen functional groups attached to an aromatic ring is 1. The summed E-state index contributed by atoms with van der Waals surface area (Å²) in [5.74, 6) is 0.242. The summed E-state index contributed by atoms with van der Waals surface area (Å²) in [7, 11) is 0. The minimum Gasteiger partial charge on any atom is -0.383 e. The summed E-state index contributed by atoms with van der Waals surface area (Å²) >= 11 is 6.84. The summed E-state index contributed by atoms with van der Waals surface area (Å²) in [5.41, 5.74) is 9.81. The molecule has 0 unspecified atom stereocenters. The Hall–Kier alpha value is -2.16. The molecule has 0 spiro atoms. The lowest BCUT2D eigenvalue weighted by molar-refractivity contribution is 1.31. The lowest BCUT2D eigenvalue weighted by Crippen LogP contribution is -1.99. The first-order chi connectivity index (χ1) is 11.1. The van der Waals surface area contributed by atoms with Gasteiger partial charge in [-0.25, -0.2) is 4.98 Å². The Labute approximate surface area is 151 Å². The van der Waals surface area contributed by atoms with Gasteiger partial charge in [0.15, 0.2) is 0 Å². The van der Waals surface area contributed by atoms with E-state index in [1.54, 1.807) is 0 Å². The Morgan fingerprint density at radius 3 is 1.91 bits per heavy atom. The molecule has 112 valence electrons. The minimum absolute atomic E-state index is 0.242. The van der Waals surface area contributed by atoms with Crippen LogP contribution in [0.15, 0.2) is 63.5 Å². The standard InChI is InChI=1S/C18H11Br2N3/c19-13-5-1-11(2-6-13)15-9-17(23-18(22)16(15)10-21)12-3-7-14(20)8-4-12/h1-9H,(H2,22,23). The fourth-order valence-corrected chi connectivity index (χ4v) is 2.84. The predicted octanol–water partition coefficient (Wildman–Crippen LogP) is 5.39. The monoisotopic (exact) mass is 427 g/mol. The number of nitriles is 1. The zero-order chi connectivity index (χ0) is 16.4. The molecule has 1 aromatic heterocycles. The molecule has 0 saturated heterocycles. The van der Waals surface area contributed by atoms with Gasteiger partial charge in [0.2, 0.25) is 0 Å². The molecule has 23 heavy (non-hydrogen) atoms. The van der Waals surface area contributed by atoms with Crippen LogP contribution < -0.4 is 5.73 Å². The summed E-state index contributed by atoms with van der Waals surface area (Å²) in [6.07, 6.45) is 0. The molecular formula is C18H11Br2N3. The topological polar surface area (TPSA) is 62.7 Å². The number of hydrogen-bond donors (Lipinski definition) is 1. The second kappa shape index (κ2) is 6.53. The Morgan fingerprint density at radius 2 is 1.39 bits per heavy atom. The third-order valence-corrected chi connectivity index (χ3v) is 4.51. The van der Waals surface area contributed by atoms with Crippen LogP contribution >= 0.6 is 31.9 Å². The molecule has 2 N–H and O–H groups in total. The maximum Gasteiger partial charge on any atom is 0.142 e. The SMILES string of the molecule is N#Cc1c(-c2ccc(Br)cc2)cc(-c2ccc(Br)cc2)nc1N. The maximum absolute atomic E-state index is 9.43. The molecule has 3 nitrogen and oxygen atoms in total. The van der Waals surface area contributed by atoms with Crippen molar-refractivity contribution >= 4 is 37.7 Å². The van der Waals surface area contributed by atoms with E-state index in [4.69, 9.17) is 5.73 Å². The average Bonchev–Trinajstić information content (AvgIpc) is 2.55. The molecule has 0 bridgehead atoms. The van der Waals surface area contributed by atoms with Gasteiger partial charge in [0.1, 0.15) is 17.5 Å². The van der Waals surface area contributed by atoms with E-state index >= 15 is 0 Å². The van der Waals surface area contributed by atoms with E-state index in [-0.39, 0.29) is 5.82 Å². The van der Waals surface area contributed by atoms with Crippen LogP contribution in [0.3, 0.4) is 0 Å². The molecule has 0 atom stereocenters. The van der Waals surface area contributed by atoms with Crippen LogP contribution in [-0.4, -0.2) is 4.98 Å². The van der Waals surface area contributed by atoms with Gasteiger partial charge >= 0.3 is 0 Å². The highest BCUT2D eigenvalue weighted by Gasteiger charge is 2.13. The Morgan fingerprint density at radius 1 is 0.870 bits per heavy atom. The lowest BCUT2D eigenvalue weighted by Gasteiger charge is -2.10. The molecule has 3 aromatic rings. The van der Waals surface area contributed by atoms with Gasteiger partial charge in [0, 0.05) is 20.1 Å². The summed E-state index contributed by atoms with van der Waals surface area (Å²) in [4.78, 5) is 4.38. The van der Waals surface area contributed by atoms with Gasteiger partial charge < -0.3 is 5.73 Å². The number of rotatable bonds is 2. The Balaban J connectivity index is 2.20. The molecule has 1 heterocycles. The maximum atomic E-state index is 9.43. The van der Waals surface area contributed by atoms with Crippen LogP contribution in [0.1, 0.15) is 5.56 Å². The zero-order valence-electron chi connectivity index (χ0n) is 11.9. The number of halogens is 2. The van der Waals surface area contributed by atoms with E-state index in [2.05, 4.69) is 42.9 Å². The molecule has 0 aliphatic heterocycles. The first-order valence-corrected chi connectivity index (χ1v) is 8.39. The minimum atomic E-state index is 0.242. The quantitative estimate of drug-likeness (QED) is 0.594. The molecule has 0 amide bonds. The van der Waals surface area contributed by atoms with E-state index in [9.17, 15) is 5.26 Å². The average molecular weight is 429 g/mol. The molecule has 2 aromatic carbocycles. The van der Waals surface area contributed by atoms with Gasteiger partial charge in [-0.05, 0) is 35.9 Å². The normalized spacial score (nSPS) is 10.3. The second-order valence-electron chi connectivity index (χ2n) is 4.94. The van der Waals surface area contributed by atoms with Crippen LogP contribution in [0, 0.1) is 11.3 Å². The third-order valence-electron chi connectivity index (χ3n) is 3.45. The van der Waals surface area contributed by atoms with E-state index in [0.717, 1.165) is 31.3 Å². The molecule has 0 radical (unpaired) electrons. The summed E-state index contributed by atoms with van der Waals surface area (Å²) in [6.45, 7) is 0. The highest BCUT2D eigenvalue weighted by molar-refractivity contribution is 9.10. The van der Waals surface area contributed by atoms with Crippen molar-refractivity contribution in [1.82, 2.24) is 4.98 Å². The van der Waals surface area contributed by atoms with E-state index in [0.29, 0.717) is 5.56 Å². The van der Waals surface area contributed by atoms with Gasteiger partial charge in [-0.3, -0.25) is 0 Å². The predicted molar refractivity (Wildman–Crippen MR) is 99.6 cm³/mol. The fraction of sp³-hybridized carbons (Fsp3) is 0.